The summed E-state index contributed by atoms with van der Waals surface area (Å²) in [5.41, 5.74) is 5.44. The van der Waals surface area contributed by atoms with Gasteiger partial charge < -0.3 is 10.8 Å². The van der Waals surface area contributed by atoms with E-state index >= 15 is 0 Å². The van der Waals surface area contributed by atoms with Crippen LogP contribution in [0.1, 0.15) is 96.8 Å². The summed E-state index contributed by atoms with van der Waals surface area (Å²) in [7, 11) is 0. The molecule has 0 saturated heterocycles. The molecule has 0 aromatic carbocycles. The summed E-state index contributed by atoms with van der Waals surface area (Å²) in [6, 6.07) is 0. The lowest BCUT2D eigenvalue weighted by molar-refractivity contribution is -0.142. The molecule has 0 aromatic rings. The molecule has 0 saturated carbocycles. The Morgan fingerprint density at radius 1 is 0.810 bits per heavy atom. The molecule has 1 unspecified atom stereocenters. The van der Waals surface area contributed by atoms with Crippen LogP contribution in [0.25, 0.3) is 0 Å². The molecule has 3 N–H and O–H groups in total. The van der Waals surface area contributed by atoms with Gasteiger partial charge in [0, 0.05) is 0 Å². The molecule has 0 spiro atoms. The average Bonchev–Trinajstić information content (AvgIpc) is 2.47. The van der Waals surface area contributed by atoms with E-state index in [0.29, 0.717) is 13.0 Å². The molecule has 3 heteroatoms. The minimum Gasteiger partial charge on any atom is -0.481 e. The number of nitrogens with two attached hydrogens (primary N) is 1. The molecular formula is C18H37NO2. The number of rotatable bonds is 16. The van der Waals surface area contributed by atoms with Crippen LogP contribution in [0.15, 0.2) is 0 Å². The second kappa shape index (κ2) is 15.8. The van der Waals surface area contributed by atoms with Crippen molar-refractivity contribution in [2.75, 3.05) is 6.54 Å². The number of hydrogen-bond donors (Lipinski definition) is 2. The first-order valence-corrected chi connectivity index (χ1v) is 9.15. The van der Waals surface area contributed by atoms with Crippen molar-refractivity contribution in [3.63, 3.8) is 0 Å². The van der Waals surface area contributed by atoms with Gasteiger partial charge in [0.15, 0.2) is 0 Å². The second-order valence-corrected chi connectivity index (χ2v) is 6.29. The van der Waals surface area contributed by atoms with Gasteiger partial charge in [0.25, 0.3) is 0 Å². The summed E-state index contributed by atoms with van der Waals surface area (Å²) in [6.07, 6.45) is 17.2. The molecule has 0 fully saturated rings. The summed E-state index contributed by atoms with van der Waals surface area (Å²) in [6.45, 7) is 2.74. The molecule has 0 heterocycles. The van der Waals surface area contributed by atoms with Crippen molar-refractivity contribution in [2.24, 2.45) is 11.7 Å². The number of carboxylic acid groups (broad SMARTS) is 1. The molecule has 0 radical (unpaired) electrons. The van der Waals surface area contributed by atoms with Gasteiger partial charge in [-0.2, -0.15) is 0 Å². The number of unbranched alkanes of at least 4 members (excludes halogenated alkanes) is 11. The van der Waals surface area contributed by atoms with Crippen molar-refractivity contribution in [2.45, 2.75) is 96.8 Å². The predicted molar refractivity (Wildman–Crippen MR) is 90.5 cm³/mol. The first-order valence-electron chi connectivity index (χ1n) is 9.15. The van der Waals surface area contributed by atoms with E-state index in [2.05, 4.69) is 6.92 Å². The molecule has 3 nitrogen and oxygen atoms in total. The Hall–Kier alpha value is -0.570. The highest BCUT2D eigenvalue weighted by Crippen LogP contribution is 2.16. The van der Waals surface area contributed by atoms with Gasteiger partial charge in [-0.3, -0.25) is 4.79 Å². The summed E-state index contributed by atoms with van der Waals surface area (Å²) < 4.78 is 0. The van der Waals surface area contributed by atoms with Crippen molar-refractivity contribution in [1.29, 1.82) is 0 Å². The zero-order chi connectivity index (χ0) is 15.8. The number of carbonyl (C=O) groups is 1. The van der Waals surface area contributed by atoms with Gasteiger partial charge in [-0.05, 0) is 19.4 Å². The molecule has 0 aliphatic heterocycles. The zero-order valence-corrected chi connectivity index (χ0v) is 14.1. The van der Waals surface area contributed by atoms with Gasteiger partial charge in [0.05, 0.1) is 5.92 Å². The highest BCUT2D eigenvalue weighted by atomic mass is 16.4. The van der Waals surface area contributed by atoms with Crippen molar-refractivity contribution < 1.29 is 9.90 Å². The number of aliphatic carboxylic acids is 1. The Morgan fingerprint density at radius 3 is 1.62 bits per heavy atom. The highest BCUT2D eigenvalue weighted by Gasteiger charge is 2.15. The van der Waals surface area contributed by atoms with Crippen molar-refractivity contribution >= 4 is 5.97 Å². The van der Waals surface area contributed by atoms with E-state index in [-0.39, 0.29) is 5.92 Å². The summed E-state index contributed by atoms with van der Waals surface area (Å²) in [4.78, 5) is 11.0. The van der Waals surface area contributed by atoms with Gasteiger partial charge in [0.1, 0.15) is 0 Å². The van der Waals surface area contributed by atoms with Crippen molar-refractivity contribution in [1.82, 2.24) is 0 Å². The molecule has 0 aliphatic rings. The van der Waals surface area contributed by atoms with E-state index in [9.17, 15) is 4.79 Å². The Morgan fingerprint density at radius 2 is 1.24 bits per heavy atom. The Kier molecular flexibility index (Phi) is 15.4. The monoisotopic (exact) mass is 299 g/mol. The Bertz CT molecular complexity index is 231. The van der Waals surface area contributed by atoms with Crippen LogP contribution in [0.4, 0.5) is 0 Å². The summed E-state index contributed by atoms with van der Waals surface area (Å²) in [5.74, 6) is -0.901. The fourth-order valence-corrected chi connectivity index (χ4v) is 2.82. The minimum absolute atomic E-state index is 0.224. The SMILES string of the molecule is CCCCCCCCCCCCCCC(CCN)C(=O)O. The largest absolute Gasteiger partial charge is 0.481 e. The lowest BCUT2D eigenvalue weighted by Crippen LogP contribution is -2.17. The van der Waals surface area contributed by atoms with E-state index in [4.69, 9.17) is 10.8 Å². The molecule has 0 aromatic heterocycles. The lowest BCUT2D eigenvalue weighted by Gasteiger charge is -2.10. The second-order valence-electron chi connectivity index (χ2n) is 6.29. The smallest absolute Gasteiger partial charge is 0.306 e. The van der Waals surface area contributed by atoms with E-state index in [1.165, 1.54) is 70.6 Å². The van der Waals surface area contributed by atoms with Gasteiger partial charge in [-0.15, -0.1) is 0 Å². The number of carboxylic acids is 1. The zero-order valence-electron chi connectivity index (χ0n) is 14.1. The highest BCUT2D eigenvalue weighted by molar-refractivity contribution is 5.69. The van der Waals surface area contributed by atoms with Gasteiger partial charge >= 0.3 is 5.97 Å². The van der Waals surface area contributed by atoms with Crippen LogP contribution in [0, 0.1) is 5.92 Å². The average molecular weight is 299 g/mol. The maximum Gasteiger partial charge on any atom is 0.306 e. The van der Waals surface area contributed by atoms with E-state index in [1.54, 1.807) is 0 Å². The number of hydrogen-bond acceptors (Lipinski definition) is 2. The van der Waals surface area contributed by atoms with Gasteiger partial charge in [0.2, 0.25) is 0 Å². The third kappa shape index (κ3) is 14.1. The van der Waals surface area contributed by atoms with Gasteiger partial charge in [-0.1, -0.05) is 84.0 Å². The first kappa shape index (κ1) is 20.4. The lowest BCUT2D eigenvalue weighted by atomic mass is 9.97. The predicted octanol–water partition coefficient (Wildman–Crippen LogP) is 5.13. The van der Waals surface area contributed by atoms with Crippen LogP contribution in [0.2, 0.25) is 0 Å². The van der Waals surface area contributed by atoms with Crippen LogP contribution in [0.3, 0.4) is 0 Å². The summed E-state index contributed by atoms with van der Waals surface area (Å²) >= 11 is 0. The molecular weight excluding hydrogens is 262 g/mol. The van der Waals surface area contributed by atoms with Crippen molar-refractivity contribution in [3.8, 4) is 0 Å². The van der Waals surface area contributed by atoms with E-state index in [1.807, 2.05) is 0 Å². The van der Waals surface area contributed by atoms with Crippen LogP contribution in [-0.2, 0) is 4.79 Å². The molecule has 0 rings (SSSR count). The standard InChI is InChI=1S/C18H37NO2/c1-2-3-4-5-6-7-8-9-10-11-12-13-14-17(15-16-19)18(20)21/h17H,2-16,19H2,1H3,(H,20,21). The molecule has 1 atom stereocenters. The van der Waals surface area contributed by atoms with Gasteiger partial charge in [-0.25, -0.2) is 0 Å². The van der Waals surface area contributed by atoms with Crippen LogP contribution >= 0.6 is 0 Å². The normalized spacial score (nSPS) is 12.5. The molecule has 0 bridgehead atoms. The quantitative estimate of drug-likeness (QED) is 0.388. The Balaban J connectivity index is 3.23. The maximum atomic E-state index is 11.0. The fraction of sp³-hybridized carbons (Fsp3) is 0.944. The maximum absolute atomic E-state index is 11.0. The van der Waals surface area contributed by atoms with Crippen LogP contribution in [0.5, 0.6) is 0 Å². The minimum atomic E-state index is -0.677. The molecule has 0 aliphatic carbocycles. The molecule has 0 amide bonds. The summed E-state index contributed by atoms with van der Waals surface area (Å²) in [5, 5.41) is 9.03. The van der Waals surface area contributed by atoms with Crippen molar-refractivity contribution in [3.05, 3.63) is 0 Å². The van der Waals surface area contributed by atoms with E-state index in [0.717, 1.165) is 12.8 Å². The fourth-order valence-electron chi connectivity index (χ4n) is 2.82. The van der Waals surface area contributed by atoms with Crippen LogP contribution < -0.4 is 5.73 Å². The first-order chi connectivity index (χ1) is 10.2. The molecule has 126 valence electrons. The third-order valence-electron chi connectivity index (χ3n) is 4.27. The molecule has 21 heavy (non-hydrogen) atoms. The van der Waals surface area contributed by atoms with E-state index < -0.39 is 5.97 Å². The topological polar surface area (TPSA) is 63.3 Å². The Labute approximate surface area is 131 Å². The van der Waals surface area contributed by atoms with Crippen LogP contribution in [-0.4, -0.2) is 17.6 Å². The third-order valence-corrected chi connectivity index (χ3v) is 4.27.